The molecule has 51 heavy (non-hydrogen) atoms. The van der Waals surface area contributed by atoms with E-state index in [0.29, 0.717) is 37.0 Å². The van der Waals surface area contributed by atoms with Crippen LogP contribution in [0.25, 0.3) is 22.1 Å². The normalized spacial score (nSPS) is 11.5. The van der Waals surface area contributed by atoms with E-state index in [1.807, 2.05) is 47.0 Å². The number of anilines is 3. The summed E-state index contributed by atoms with van der Waals surface area (Å²) in [6.45, 7) is 10.7. The van der Waals surface area contributed by atoms with E-state index >= 15 is 0 Å². The molecule has 0 saturated heterocycles. The van der Waals surface area contributed by atoms with E-state index in [0.717, 1.165) is 102 Å². The largest absolute Gasteiger partial charge is 0.386 e. The number of hydrogen-bond acceptors (Lipinski definition) is 8. The fourth-order valence-electron chi connectivity index (χ4n) is 7.01. The second kappa shape index (κ2) is 15.6. The van der Waals surface area contributed by atoms with Crippen molar-refractivity contribution in [1.29, 1.82) is 0 Å². The lowest BCUT2D eigenvalue weighted by Crippen LogP contribution is -2.21. The lowest BCUT2D eigenvalue weighted by Gasteiger charge is -2.13. The van der Waals surface area contributed by atoms with Gasteiger partial charge in [-0.1, -0.05) is 18.6 Å². The first-order valence-electron chi connectivity index (χ1n) is 17.9. The zero-order valence-electron chi connectivity index (χ0n) is 30.6. The number of unbranched alkanes of at least 4 members (excludes halogenated alkanes) is 3. The number of fused-ring (bicyclic) bond motifs is 2. The number of aromatic nitrogens is 8. The Hall–Kier alpha value is -5.46. The van der Waals surface area contributed by atoms with Gasteiger partial charge in [0.2, 0.25) is 11.9 Å². The minimum atomic E-state index is -0.212. The third-order valence-electron chi connectivity index (χ3n) is 9.53. The second-order valence-corrected chi connectivity index (χ2v) is 13.1. The predicted octanol–water partition coefficient (Wildman–Crippen LogP) is 6.77. The minimum Gasteiger partial charge on any atom is -0.386 e. The number of aldehydes is 1. The molecular weight excluding hydrogens is 642 g/mol. The second-order valence-electron chi connectivity index (χ2n) is 13.1. The summed E-state index contributed by atoms with van der Waals surface area (Å²) in [5.74, 6) is 1.16. The number of nitrogens with zero attached hydrogens (tertiary/aromatic N) is 8. The Bertz CT molecular complexity index is 2170. The summed E-state index contributed by atoms with van der Waals surface area (Å²) in [5.41, 5.74) is 9.81. The van der Waals surface area contributed by atoms with Crippen LogP contribution in [0.1, 0.15) is 82.5 Å². The molecule has 3 N–H and O–H groups in total. The lowest BCUT2D eigenvalue weighted by molar-refractivity contribution is 0.101. The molecule has 0 atom stereocenters. The number of para-hydroxylation sites is 1. The van der Waals surface area contributed by atoms with Gasteiger partial charge in [-0.25, -0.2) is 9.97 Å². The molecule has 13 nitrogen and oxygen atoms in total. The number of carbonyl (C=O) groups is 2. The van der Waals surface area contributed by atoms with Crippen LogP contribution in [0.15, 0.2) is 42.5 Å². The van der Waals surface area contributed by atoms with Gasteiger partial charge in [0.15, 0.2) is 6.29 Å². The van der Waals surface area contributed by atoms with Crippen LogP contribution in [0.4, 0.5) is 17.6 Å². The molecule has 268 valence electrons. The van der Waals surface area contributed by atoms with Gasteiger partial charge in [0.1, 0.15) is 16.9 Å². The van der Waals surface area contributed by atoms with Gasteiger partial charge < -0.3 is 19.8 Å². The number of benzene rings is 2. The van der Waals surface area contributed by atoms with Crippen LogP contribution in [0.3, 0.4) is 0 Å². The van der Waals surface area contributed by atoms with Gasteiger partial charge >= 0.3 is 0 Å². The maximum Gasteiger partial charge on any atom is 0.276 e. The number of aryl methyl sites for hydroxylation is 7. The molecule has 6 aromatic rings. The van der Waals surface area contributed by atoms with E-state index in [4.69, 9.17) is 15.1 Å². The molecule has 0 bridgehead atoms. The van der Waals surface area contributed by atoms with E-state index < -0.39 is 0 Å². The highest BCUT2D eigenvalue weighted by atomic mass is 16.2. The molecule has 13 heteroatoms. The van der Waals surface area contributed by atoms with Gasteiger partial charge in [-0.05, 0) is 95.7 Å². The van der Waals surface area contributed by atoms with Crippen molar-refractivity contribution < 1.29 is 9.59 Å². The van der Waals surface area contributed by atoms with Crippen LogP contribution < -0.4 is 16.0 Å². The van der Waals surface area contributed by atoms with E-state index in [1.165, 1.54) is 5.56 Å². The topological polar surface area (TPSA) is 142 Å². The summed E-state index contributed by atoms with van der Waals surface area (Å²) in [6.07, 6.45) is 6.07. The molecule has 0 aliphatic heterocycles. The van der Waals surface area contributed by atoms with Crippen molar-refractivity contribution in [2.75, 3.05) is 30.0 Å². The fourth-order valence-corrected chi connectivity index (χ4v) is 7.01. The Morgan fingerprint density at radius 2 is 1.57 bits per heavy atom. The van der Waals surface area contributed by atoms with Crippen LogP contribution in [-0.2, 0) is 32.6 Å². The summed E-state index contributed by atoms with van der Waals surface area (Å²) in [4.78, 5) is 35.3. The first-order valence-corrected chi connectivity index (χ1v) is 17.9. The van der Waals surface area contributed by atoms with Crippen LogP contribution in [0, 0.1) is 20.8 Å². The number of amides is 1. The van der Waals surface area contributed by atoms with Crippen LogP contribution in [0.5, 0.6) is 0 Å². The van der Waals surface area contributed by atoms with Crippen molar-refractivity contribution in [3.8, 4) is 0 Å². The van der Waals surface area contributed by atoms with Gasteiger partial charge in [-0.2, -0.15) is 10.2 Å². The Morgan fingerprint density at radius 3 is 2.29 bits per heavy atom. The van der Waals surface area contributed by atoms with Gasteiger partial charge in [0, 0.05) is 45.8 Å². The quantitative estimate of drug-likeness (QED) is 0.0704. The smallest absolute Gasteiger partial charge is 0.276 e. The van der Waals surface area contributed by atoms with Crippen LogP contribution in [0.2, 0.25) is 0 Å². The Labute approximate surface area is 298 Å². The summed E-state index contributed by atoms with van der Waals surface area (Å²) < 4.78 is 7.92. The molecule has 0 saturated carbocycles. The summed E-state index contributed by atoms with van der Waals surface area (Å²) >= 11 is 0. The molecule has 4 heterocycles. The maximum absolute atomic E-state index is 14.2. The molecule has 6 rings (SSSR count). The zero-order valence-corrected chi connectivity index (χ0v) is 30.6. The Balaban J connectivity index is 1.18. The first-order chi connectivity index (χ1) is 24.8. The molecule has 2 aromatic carbocycles. The zero-order chi connectivity index (χ0) is 36.1. The number of nitrogens with one attached hydrogen (secondary N) is 3. The van der Waals surface area contributed by atoms with E-state index in [2.05, 4.69) is 61.4 Å². The van der Waals surface area contributed by atoms with Crippen molar-refractivity contribution in [2.24, 2.45) is 0 Å². The molecule has 0 spiro atoms. The standard InChI is InChI=1S/C38H49N11O2/c1-7-48-35(29(27(4)45-48)14-9-8-10-21-49-28(24-50)23-26(3)44-49)36(51)43-38-42-34-30(39-5)15-13-16-33(34)47(38)20-12-11-19-46-32-18-17-25(2)22-31(32)41-37(46)40-6/h13,15-18,22-24,39H,7-12,14,19-21H2,1-6H3,(H,40,41)(H,42,43,51). The Morgan fingerprint density at radius 1 is 0.804 bits per heavy atom. The molecule has 0 aliphatic carbocycles. The third kappa shape index (κ3) is 7.38. The van der Waals surface area contributed by atoms with E-state index in [1.54, 1.807) is 15.4 Å². The van der Waals surface area contributed by atoms with Crippen molar-refractivity contribution >= 4 is 51.8 Å². The third-order valence-corrected chi connectivity index (χ3v) is 9.53. The van der Waals surface area contributed by atoms with Gasteiger partial charge in [-0.3, -0.25) is 24.3 Å². The van der Waals surface area contributed by atoms with Crippen molar-refractivity contribution in [1.82, 2.24) is 38.7 Å². The van der Waals surface area contributed by atoms with Gasteiger partial charge in [0.25, 0.3) is 5.91 Å². The van der Waals surface area contributed by atoms with Crippen LogP contribution in [-0.4, -0.2) is 65.0 Å². The van der Waals surface area contributed by atoms with Crippen molar-refractivity contribution in [2.45, 2.75) is 92.4 Å². The van der Waals surface area contributed by atoms with E-state index in [9.17, 15) is 9.59 Å². The highest BCUT2D eigenvalue weighted by molar-refractivity contribution is 6.04. The maximum atomic E-state index is 14.2. The summed E-state index contributed by atoms with van der Waals surface area (Å²) in [6, 6.07) is 14.2. The van der Waals surface area contributed by atoms with Gasteiger partial charge in [-0.15, -0.1) is 0 Å². The highest BCUT2D eigenvalue weighted by Crippen LogP contribution is 2.28. The average Bonchev–Trinajstić information content (AvgIpc) is 3.87. The molecule has 1 amide bonds. The van der Waals surface area contributed by atoms with E-state index in [-0.39, 0.29) is 5.91 Å². The number of rotatable bonds is 17. The monoisotopic (exact) mass is 691 g/mol. The first kappa shape index (κ1) is 35.4. The lowest BCUT2D eigenvalue weighted by atomic mass is 10.0. The number of imidazole rings is 2. The summed E-state index contributed by atoms with van der Waals surface area (Å²) in [5, 5.41) is 18.9. The SMILES string of the molecule is CCn1nc(C)c(CCCCCn2nc(C)cc2C=O)c1C(=O)Nc1nc2c(NC)cccc2n1CCCCn1c(NC)nc2cc(C)ccc21. The molecule has 4 aromatic heterocycles. The molecule has 0 fully saturated rings. The van der Waals surface area contributed by atoms with Crippen LogP contribution >= 0.6 is 0 Å². The molecule has 0 radical (unpaired) electrons. The molecular formula is C38H49N11O2. The predicted molar refractivity (Wildman–Crippen MR) is 203 cm³/mol. The van der Waals surface area contributed by atoms with Gasteiger partial charge in [0.05, 0.1) is 33.6 Å². The number of hydrogen-bond donors (Lipinski definition) is 3. The van der Waals surface area contributed by atoms with Crippen molar-refractivity contribution in [3.05, 3.63) is 76.4 Å². The molecule has 0 aliphatic rings. The molecule has 0 unspecified atom stereocenters. The average molecular weight is 692 g/mol. The fraction of sp³-hybridized carbons (Fsp3) is 0.421. The van der Waals surface area contributed by atoms with Crippen molar-refractivity contribution in [3.63, 3.8) is 0 Å². The summed E-state index contributed by atoms with van der Waals surface area (Å²) in [7, 11) is 3.79. The number of carbonyl (C=O) groups excluding carboxylic acids is 2. The Kier molecular flexibility index (Phi) is 10.8. The highest BCUT2D eigenvalue weighted by Gasteiger charge is 2.24. The minimum absolute atomic E-state index is 0.212.